The third-order valence-corrected chi connectivity index (χ3v) is 3.79. The summed E-state index contributed by atoms with van der Waals surface area (Å²) >= 11 is 0. The Labute approximate surface area is 112 Å². The van der Waals surface area contributed by atoms with Crippen LogP contribution in [0.5, 0.6) is 0 Å². The first-order valence-corrected chi connectivity index (χ1v) is 6.75. The highest BCUT2D eigenvalue weighted by Crippen LogP contribution is 2.30. The summed E-state index contributed by atoms with van der Waals surface area (Å²) in [6.45, 7) is 3.16. The lowest BCUT2D eigenvalue weighted by atomic mass is 10.1. The molecule has 4 nitrogen and oxygen atoms in total. The van der Waals surface area contributed by atoms with E-state index in [-0.39, 0.29) is 6.10 Å². The first kappa shape index (κ1) is 12.4. The number of hydrogen-bond acceptors (Lipinski definition) is 3. The highest BCUT2D eigenvalue weighted by atomic mass is 16.5. The van der Waals surface area contributed by atoms with Gasteiger partial charge in [0.2, 0.25) is 0 Å². The van der Waals surface area contributed by atoms with E-state index in [0.717, 1.165) is 37.1 Å². The second kappa shape index (κ2) is 4.78. The number of anilines is 1. The van der Waals surface area contributed by atoms with Crippen molar-refractivity contribution in [3.05, 3.63) is 29.3 Å². The molecular formula is C15H17NO3. The van der Waals surface area contributed by atoms with E-state index in [1.807, 2.05) is 19.1 Å². The SMILES string of the molecule is Cc1ccc2c(c1)C(=O)C(=O)N2CC1CCCCO1. The Morgan fingerprint density at radius 1 is 1.32 bits per heavy atom. The van der Waals surface area contributed by atoms with E-state index in [1.54, 1.807) is 11.0 Å². The van der Waals surface area contributed by atoms with Gasteiger partial charge in [0.15, 0.2) is 0 Å². The standard InChI is InChI=1S/C15H17NO3/c1-10-5-6-13-12(8-10)14(17)15(18)16(13)9-11-4-2-3-7-19-11/h5-6,8,11H,2-4,7,9H2,1H3. The maximum Gasteiger partial charge on any atom is 0.299 e. The van der Waals surface area contributed by atoms with Crippen molar-refractivity contribution in [2.75, 3.05) is 18.1 Å². The van der Waals surface area contributed by atoms with Crippen LogP contribution < -0.4 is 4.90 Å². The van der Waals surface area contributed by atoms with Gasteiger partial charge < -0.3 is 9.64 Å². The van der Waals surface area contributed by atoms with Gasteiger partial charge in [-0.3, -0.25) is 9.59 Å². The third-order valence-electron chi connectivity index (χ3n) is 3.79. The highest BCUT2D eigenvalue weighted by molar-refractivity contribution is 6.52. The zero-order chi connectivity index (χ0) is 13.4. The molecule has 0 N–H and O–H groups in total. The van der Waals surface area contributed by atoms with Crippen molar-refractivity contribution < 1.29 is 14.3 Å². The van der Waals surface area contributed by atoms with Crippen molar-refractivity contribution in [2.24, 2.45) is 0 Å². The van der Waals surface area contributed by atoms with Crippen LogP contribution >= 0.6 is 0 Å². The first-order valence-electron chi connectivity index (χ1n) is 6.75. The van der Waals surface area contributed by atoms with E-state index in [2.05, 4.69) is 0 Å². The van der Waals surface area contributed by atoms with Gasteiger partial charge in [0.1, 0.15) is 0 Å². The number of carbonyl (C=O) groups is 2. The minimum absolute atomic E-state index is 0.0535. The molecule has 19 heavy (non-hydrogen) atoms. The fourth-order valence-corrected chi connectivity index (χ4v) is 2.75. The van der Waals surface area contributed by atoms with Gasteiger partial charge in [0.05, 0.1) is 23.9 Å². The largest absolute Gasteiger partial charge is 0.376 e. The van der Waals surface area contributed by atoms with Crippen LogP contribution in [0.3, 0.4) is 0 Å². The van der Waals surface area contributed by atoms with Gasteiger partial charge in [-0.15, -0.1) is 0 Å². The Balaban J connectivity index is 1.86. The Kier molecular flexibility index (Phi) is 3.11. The molecule has 1 fully saturated rings. The number of amides is 1. The summed E-state index contributed by atoms with van der Waals surface area (Å²) in [6, 6.07) is 5.58. The van der Waals surface area contributed by atoms with Gasteiger partial charge in [0, 0.05) is 6.61 Å². The maximum atomic E-state index is 12.1. The minimum atomic E-state index is -0.422. The maximum absolute atomic E-state index is 12.1. The van der Waals surface area contributed by atoms with Crippen LogP contribution in [0.4, 0.5) is 5.69 Å². The number of Topliss-reactive ketones (excluding diaryl/α,β-unsaturated/α-hetero) is 1. The van der Waals surface area contributed by atoms with Crippen molar-refractivity contribution in [2.45, 2.75) is 32.3 Å². The molecule has 1 unspecified atom stereocenters. The molecule has 1 atom stereocenters. The zero-order valence-electron chi connectivity index (χ0n) is 11.0. The predicted octanol–water partition coefficient (Wildman–Crippen LogP) is 2.09. The number of ketones is 1. The molecule has 0 radical (unpaired) electrons. The molecule has 1 saturated heterocycles. The van der Waals surface area contributed by atoms with Gasteiger partial charge in [-0.05, 0) is 38.3 Å². The lowest BCUT2D eigenvalue weighted by molar-refractivity contribution is -0.114. The van der Waals surface area contributed by atoms with Gasteiger partial charge >= 0.3 is 0 Å². The van der Waals surface area contributed by atoms with E-state index in [4.69, 9.17) is 4.74 Å². The van der Waals surface area contributed by atoms with Crippen LogP contribution in [0, 0.1) is 6.92 Å². The van der Waals surface area contributed by atoms with E-state index >= 15 is 0 Å². The van der Waals surface area contributed by atoms with Crippen LogP contribution in [0.15, 0.2) is 18.2 Å². The number of rotatable bonds is 2. The number of nitrogens with zero attached hydrogens (tertiary/aromatic N) is 1. The Morgan fingerprint density at radius 2 is 2.16 bits per heavy atom. The number of aryl methyl sites for hydroxylation is 1. The predicted molar refractivity (Wildman–Crippen MR) is 71.5 cm³/mol. The molecule has 2 aliphatic rings. The van der Waals surface area contributed by atoms with Gasteiger partial charge in [-0.1, -0.05) is 11.6 Å². The summed E-state index contributed by atoms with van der Waals surface area (Å²) in [5, 5.41) is 0. The number of carbonyl (C=O) groups excluding carboxylic acids is 2. The van der Waals surface area contributed by atoms with Crippen molar-refractivity contribution in [1.82, 2.24) is 0 Å². The van der Waals surface area contributed by atoms with Gasteiger partial charge in [-0.2, -0.15) is 0 Å². The molecule has 0 saturated carbocycles. The molecule has 100 valence electrons. The van der Waals surface area contributed by atoms with E-state index in [9.17, 15) is 9.59 Å². The molecule has 3 rings (SSSR count). The normalized spacial score (nSPS) is 22.8. The topological polar surface area (TPSA) is 46.6 Å². The molecule has 2 aliphatic heterocycles. The third kappa shape index (κ3) is 2.16. The van der Waals surface area contributed by atoms with E-state index in [1.165, 1.54) is 0 Å². The van der Waals surface area contributed by atoms with Crippen molar-refractivity contribution in [3.63, 3.8) is 0 Å². The second-order valence-corrected chi connectivity index (χ2v) is 5.25. The minimum Gasteiger partial charge on any atom is -0.376 e. The lowest BCUT2D eigenvalue weighted by Crippen LogP contribution is -2.39. The average Bonchev–Trinajstić information content (AvgIpc) is 2.65. The molecule has 0 spiro atoms. The molecule has 1 amide bonds. The molecule has 0 aliphatic carbocycles. The summed E-state index contributed by atoms with van der Waals surface area (Å²) in [5.74, 6) is -0.815. The van der Waals surface area contributed by atoms with Gasteiger partial charge in [0.25, 0.3) is 11.7 Å². The molecule has 4 heteroatoms. The van der Waals surface area contributed by atoms with Gasteiger partial charge in [-0.25, -0.2) is 0 Å². The van der Waals surface area contributed by atoms with Crippen LogP contribution in [0.25, 0.3) is 0 Å². The Morgan fingerprint density at radius 3 is 2.89 bits per heavy atom. The smallest absolute Gasteiger partial charge is 0.299 e. The van der Waals surface area contributed by atoms with Crippen LogP contribution in [-0.2, 0) is 9.53 Å². The quantitative estimate of drug-likeness (QED) is 0.764. The molecule has 1 aromatic rings. The van der Waals surface area contributed by atoms with Crippen molar-refractivity contribution in [3.8, 4) is 0 Å². The number of fused-ring (bicyclic) bond motifs is 1. The van der Waals surface area contributed by atoms with E-state index in [0.29, 0.717) is 12.1 Å². The second-order valence-electron chi connectivity index (χ2n) is 5.25. The Hall–Kier alpha value is -1.68. The zero-order valence-corrected chi connectivity index (χ0v) is 11.0. The van der Waals surface area contributed by atoms with Crippen molar-refractivity contribution >= 4 is 17.4 Å². The average molecular weight is 259 g/mol. The number of ether oxygens (including phenoxy) is 1. The molecule has 2 heterocycles. The first-order chi connectivity index (χ1) is 9.16. The number of benzene rings is 1. The lowest BCUT2D eigenvalue weighted by Gasteiger charge is -2.27. The number of hydrogen-bond donors (Lipinski definition) is 0. The summed E-state index contributed by atoms with van der Waals surface area (Å²) in [6.07, 6.45) is 3.22. The summed E-state index contributed by atoms with van der Waals surface area (Å²) in [5.41, 5.74) is 2.26. The summed E-state index contributed by atoms with van der Waals surface area (Å²) in [4.78, 5) is 25.6. The fourth-order valence-electron chi connectivity index (χ4n) is 2.75. The fraction of sp³-hybridized carbons (Fsp3) is 0.467. The summed E-state index contributed by atoms with van der Waals surface area (Å²) < 4.78 is 5.66. The summed E-state index contributed by atoms with van der Waals surface area (Å²) in [7, 11) is 0. The molecule has 0 aromatic heterocycles. The van der Waals surface area contributed by atoms with E-state index < -0.39 is 11.7 Å². The monoisotopic (exact) mass is 259 g/mol. The Bertz CT molecular complexity index is 532. The van der Waals surface area contributed by atoms with Crippen LogP contribution in [0.2, 0.25) is 0 Å². The highest BCUT2D eigenvalue weighted by Gasteiger charge is 2.37. The molecule has 1 aromatic carbocycles. The molecule has 0 bridgehead atoms. The van der Waals surface area contributed by atoms with Crippen LogP contribution in [-0.4, -0.2) is 30.9 Å². The molecular weight excluding hydrogens is 242 g/mol. The van der Waals surface area contributed by atoms with Crippen LogP contribution in [0.1, 0.15) is 35.2 Å². The van der Waals surface area contributed by atoms with Crippen molar-refractivity contribution in [1.29, 1.82) is 0 Å².